The third-order valence-corrected chi connectivity index (χ3v) is 3.83. The molecular formula is C18H22N4O2. The second-order valence-corrected chi connectivity index (χ2v) is 6.01. The molecule has 2 amide bonds. The first-order valence-electron chi connectivity index (χ1n) is 7.89. The molecule has 0 aliphatic carbocycles. The molecule has 6 heteroatoms. The summed E-state index contributed by atoms with van der Waals surface area (Å²) in [5, 5.41) is 8.88. The van der Waals surface area contributed by atoms with E-state index in [9.17, 15) is 9.59 Å². The molecule has 1 heterocycles. The van der Waals surface area contributed by atoms with Crippen molar-refractivity contribution in [2.24, 2.45) is 0 Å². The van der Waals surface area contributed by atoms with Crippen LogP contribution in [0, 0.1) is 11.3 Å². The molecule has 1 aromatic rings. The van der Waals surface area contributed by atoms with Crippen molar-refractivity contribution >= 4 is 17.9 Å². The van der Waals surface area contributed by atoms with Crippen molar-refractivity contribution in [1.82, 2.24) is 14.7 Å². The Morgan fingerprint density at radius 3 is 2.50 bits per heavy atom. The number of carbonyl (C=O) groups is 2. The minimum atomic E-state index is -0.0722. The Balaban J connectivity index is 1.87. The van der Waals surface area contributed by atoms with Gasteiger partial charge in [0.2, 0.25) is 11.8 Å². The zero-order chi connectivity index (χ0) is 17.5. The summed E-state index contributed by atoms with van der Waals surface area (Å²) in [4.78, 5) is 29.6. The summed E-state index contributed by atoms with van der Waals surface area (Å²) in [5.41, 5.74) is 1.39. The summed E-state index contributed by atoms with van der Waals surface area (Å²) in [7, 11) is 3.73. The summed E-state index contributed by atoms with van der Waals surface area (Å²) < 4.78 is 0. The molecular weight excluding hydrogens is 304 g/mol. The van der Waals surface area contributed by atoms with Crippen molar-refractivity contribution in [3.8, 4) is 6.07 Å². The molecule has 0 radical (unpaired) electrons. The maximum Gasteiger partial charge on any atom is 0.246 e. The lowest BCUT2D eigenvalue weighted by Crippen LogP contribution is -2.51. The lowest BCUT2D eigenvalue weighted by atomic mass is 10.1. The second kappa shape index (κ2) is 8.27. The van der Waals surface area contributed by atoms with Crippen molar-refractivity contribution in [1.29, 1.82) is 5.26 Å². The van der Waals surface area contributed by atoms with Gasteiger partial charge in [-0.15, -0.1) is 0 Å². The first kappa shape index (κ1) is 17.7. The molecule has 1 saturated heterocycles. The van der Waals surface area contributed by atoms with Gasteiger partial charge >= 0.3 is 0 Å². The van der Waals surface area contributed by atoms with Crippen molar-refractivity contribution in [3.05, 3.63) is 41.5 Å². The van der Waals surface area contributed by atoms with Crippen LogP contribution in [0.5, 0.6) is 0 Å². The third-order valence-electron chi connectivity index (χ3n) is 3.83. The van der Waals surface area contributed by atoms with Gasteiger partial charge in [0.15, 0.2) is 0 Å². The quantitative estimate of drug-likeness (QED) is 0.768. The Labute approximate surface area is 142 Å². The van der Waals surface area contributed by atoms with E-state index in [1.807, 2.05) is 25.1 Å². The predicted molar refractivity (Wildman–Crippen MR) is 91.9 cm³/mol. The molecule has 6 nitrogen and oxygen atoms in total. The number of nitrogens with zero attached hydrogens (tertiary/aromatic N) is 4. The minimum Gasteiger partial charge on any atom is -0.338 e. The number of amides is 2. The molecule has 0 unspecified atom stereocenters. The average molecular weight is 326 g/mol. The summed E-state index contributed by atoms with van der Waals surface area (Å²) in [6, 6.07) is 9.18. The van der Waals surface area contributed by atoms with Crippen LogP contribution in [0.15, 0.2) is 30.3 Å². The van der Waals surface area contributed by atoms with Gasteiger partial charge in [0.1, 0.15) is 0 Å². The van der Waals surface area contributed by atoms with E-state index in [4.69, 9.17) is 5.26 Å². The van der Waals surface area contributed by atoms with E-state index >= 15 is 0 Å². The molecule has 0 N–H and O–H groups in total. The van der Waals surface area contributed by atoms with E-state index in [1.54, 1.807) is 34.1 Å². The Hall–Kier alpha value is -2.65. The number of carbonyl (C=O) groups excluding carboxylic acids is 2. The number of hydrogen-bond acceptors (Lipinski definition) is 4. The Kier molecular flexibility index (Phi) is 6.10. The van der Waals surface area contributed by atoms with Gasteiger partial charge in [-0.05, 0) is 37.9 Å². The Bertz CT molecular complexity index is 668. The molecule has 0 bridgehead atoms. The standard InChI is InChI=1S/C18H22N4O2/c1-20(2)14-18(24)22-10-8-21(9-11-22)17(23)7-6-15-4-3-5-16(12-15)13-19/h3-7,12H,8-11,14H2,1-2H3/b7-6-. The highest BCUT2D eigenvalue weighted by molar-refractivity contribution is 5.92. The van der Waals surface area contributed by atoms with Crippen molar-refractivity contribution in [3.63, 3.8) is 0 Å². The summed E-state index contributed by atoms with van der Waals surface area (Å²) >= 11 is 0. The fourth-order valence-electron chi connectivity index (χ4n) is 2.53. The minimum absolute atomic E-state index is 0.0722. The van der Waals surface area contributed by atoms with Gasteiger partial charge in [-0.1, -0.05) is 12.1 Å². The molecule has 1 aromatic carbocycles. The lowest BCUT2D eigenvalue weighted by Gasteiger charge is -2.34. The van der Waals surface area contributed by atoms with Crippen LogP contribution in [0.2, 0.25) is 0 Å². The van der Waals surface area contributed by atoms with Gasteiger partial charge in [0.25, 0.3) is 0 Å². The van der Waals surface area contributed by atoms with Crippen molar-refractivity contribution in [2.45, 2.75) is 0 Å². The Morgan fingerprint density at radius 1 is 1.21 bits per heavy atom. The van der Waals surface area contributed by atoms with E-state index in [1.165, 1.54) is 6.08 Å². The highest BCUT2D eigenvalue weighted by Crippen LogP contribution is 2.08. The van der Waals surface area contributed by atoms with Crippen molar-refractivity contribution < 1.29 is 9.59 Å². The molecule has 0 atom stereocenters. The number of benzene rings is 1. The molecule has 24 heavy (non-hydrogen) atoms. The summed E-state index contributed by atoms with van der Waals surface area (Å²) in [6.07, 6.45) is 3.24. The molecule has 2 rings (SSSR count). The topological polar surface area (TPSA) is 67.7 Å². The highest BCUT2D eigenvalue weighted by Gasteiger charge is 2.23. The smallest absolute Gasteiger partial charge is 0.246 e. The molecule has 0 aromatic heterocycles. The van der Waals surface area contributed by atoms with Crippen LogP contribution in [0.3, 0.4) is 0 Å². The number of piperazine rings is 1. The SMILES string of the molecule is CN(C)CC(=O)N1CCN(C(=O)/C=C\c2cccc(C#N)c2)CC1. The first-order chi connectivity index (χ1) is 11.5. The Morgan fingerprint density at radius 2 is 1.88 bits per heavy atom. The molecule has 0 spiro atoms. The zero-order valence-corrected chi connectivity index (χ0v) is 14.1. The summed E-state index contributed by atoms with van der Waals surface area (Å²) in [5.74, 6) is 0.0213. The maximum atomic E-state index is 12.2. The van der Waals surface area contributed by atoms with Gasteiger partial charge in [-0.2, -0.15) is 5.26 Å². The van der Waals surface area contributed by atoms with E-state index < -0.39 is 0 Å². The van der Waals surface area contributed by atoms with E-state index in [2.05, 4.69) is 6.07 Å². The zero-order valence-electron chi connectivity index (χ0n) is 14.1. The second-order valence-electron chi connectivity index (χ2n) is 6.01. The van der Waals surface area contributed by atoms with Crippen molar-refractivity contribution in [2.75, 3.05) is 46.8 Å². The number of hydrogen-bond donors (Lipinski definition) is 0. The molecule has 0 saturated carbocycles. The van der Waals surface area contributed by atoms with Crippen LogP contribution in [0.25, 0.3) is 6.08 Å². The largest absolute Gasteiger partial charge is 0.338 e. The first-order valence-corrected chi connectivity index (χ1v) is 7.89. The number of likely N-dealkylation sites (N-methyl/N-ethyl adjacent to an activating group) is 1. The van der Waals surface area contributed by atoms with Gasteiger partial charge in [0, 0.05) is 32.3 Å². The fraction of sp³-hybridized carbons (Fsp3) is 0.389. The molecule has 126 valence electrons. The fourth-order valence-corrected chi connectivity index (χ4v) is 2.53. The van der Waals surface area contributed by atoms with Gasteiger partial charge in [-0.3, -0.25) is 9.59 Å². The highest BCUT2D eigenvalue weighted by atomic mass is 16.2. The lowest BCUT2D eigenvalue weighted by molar-refractivity contribution is -0.137. The van der Waals surface area contributed by atoms with Gasteiger partial charge in [0.05, 0.1) is 18.2 Å². The van der Waals surface area contributed by atoms with Crippen LogP contribution in [-0.2, 0) is 9.59 Å². The summed E-state index contributed by atoms with van der Waals surface area (Å²) in [6.45, 7) is 2.61. The normalized spacial score (nSPS) is 14.9. The monoisotopic (exact) mass is 326 g/mol. The van der Waals surface area contributed by atoms with Crippen LogP contribution in [0.1, 0.15) is 11.1 Å². The predicted octanol–water partition coefficient (Wildman–Crippen LogP) is 0.804. The van der Waals surface area contributed by atoms with E-state index in [-0.39, 0.29) is 11.8 Å². The van der Waals surface area contributed by atoms with Gasteiger partial charge < -0.3 is 14.7 Å². The number of rotatable bonds is 4. The van der Waals surface area contributed by atoms with E-state index in [0.717, 1.165) is 5.56 Å². The third kappa shape index (κ3) is 4.93. The van der Waals surface area contributed by atoms with Crippen LogP contribution in [0.4, 0.5) is 0 Å². The van der Waals surface area contributed by atoms with Crippen LogP contribution in [-0.4, -0.2) is 73.3 Å². The molecule has 1 aliphatic heterocycles. The van der Waals surface area contributed by atoms with E-state index in [0.29, 0.717) is 38.3 Å². The van der Waals surface area contributed by atoms with Crippen LogP contribution < -0.4 is 0 Å². The van der Waals surface area contributed by atoms with Gasteiger partial charge in [-0.25, -0.2) is 0 Å². The molecule has 1 fully saturated rings. The maximum absolute atomic E-state index is 12.2. The molecule has 1 aliphatic rings. The van der Waals surface area contributed by atoms with Crippen LogP contribution >= 0.6 is 0 Å². The average Bonchev–Trinajstić information content (AvgIpc) is 2.59. The number of nitriles is 1.